The number of benzene rings is 1. The zero-order valence-corrected chi connectivity index (χ0v) is 11.9. The number of hydrogen-bond donors (Lipinski definition) is 1. The van der Waals surface area contributed by atoms with Crippen LogP contribution in [0.25, 0.3) is 16.9 Å². The summed E-state index contributed by atoms with van der Waals surface area (Å²) in [5, 5.41) is 0. The smallest absolute Gasteiger partial charge is 0.147 e. The van der Waals surface area contributed by atoms with Crippen molar-refractivity contribution in [2.75, 3.05) is 5.73 Å². The molecule has 0 aliphatic carbocycles. The molecule has 0 unspecified atom stereocenters. The summed E-state index contributed by atoms with van der Waals surface area (Å²) in [5.41, 5.74) is 7.67. The molecule has 6 heteroatoms. The molecule has 0 amide bonds. The lowest BCUT2D eigenvalue weighted by atomic mass is 10.2. The molecule has 100 valence electrons. The lowest BCUT2D eigenvalue weighted by molar-refractivity contribution is 0.618. The van der Waals surface area contributed by atoms with Crippen LogP contribution in [0.2, 0.25) is 0 Å². The zero-order chi connectivity index (χ0) is 14.1. The first-order valence-electron chi connectivity index (χ1n) is 5.85. The maximum Gasteiger partial charge on any atom is 0.147 e. The lowest BCUT2D eigenvalue weighted by Crippen LogP contribution is -2.01. The minimum atomic E-state index is -0.338. The predicted octanol–water partition coefficient (Wildman–Crippen LogP) is 3.42. The van der Waals surface area contributed by atoms with Crippen molar-refractivity contribution in [1.82, 2.24) is 14.5 Å². The normalized spacial score (nSPS) is 10.7. The molecule has 2 heterocycles. The SMILES string of the molecule is Nc1ncccc1-c1cncn1-c1cc(Br)ccc1F. The molecule has 3 aromatic rings. The van der Waals surface area contributed by atoms with Crippen molar-refractivity contribution in [2.24, 2.45) is 0 Å². The lowest BCUT2D eigenvalue weighted by Gasteiger charge is -2.10. The molecule has 0 saturated carbocycles. The Morgan fingerprint density at radius 3 is 2.90 bits per heavy atom. The van der Waals surface area contributed by atoms with E-state index in [1.54, 1.807) is 41.5 Å². The molecule has 0 saturated heterocycles. The summed E-state index contributed by atoms with van der Waals surface area (Å²) in [6, 6.07) is 8.34. The summed E-state index contributed by atoms with van der Waals surface area (Å²) in [7, 11) is 0. The van der Waals surface area contributed by atoms with Crippen molar-refractivity contribution in [1.29, 1.82) is 0 Å². The van der Waals surface area contributed by atoms with E-state index in [2.05, 4.69) is 25.9 Å². The largest absolute Gasteiger partial charge is 0.383 e. The van der Waals surface area contributed by atoms with E-state index in [1.807, 2.05) is 6.07 Å². The van der Waals surface area contributed by atoms with Crippen LogP contribution >= 0.6 is 15.9 Å². The van der Waals surface area contributed by atoms with E-state index in [1.165, 1.54) is 6.07 Å². The Morgan fingerprint density at radius 2 is 2.10 bits per heavy atom. The van der Waals surface area contributed by atoms with E-state index >= 15 is 0 Å². The second-order valence-corrected chi connectivity index (χ2v) is 5.10. The number of nitrogens with two attached hydrogens (primary N) is 1. The summed E-state index contributed by atoms with van der Waals surface area (Å²) >= 11 is 3.34. The molecule has 2 N–H and O–H groups in total. The Balaban J connectivity index is 2.21. The van der Waals surface area contributed by atoms with Crippen LogP contribution in [0.1, 0.15) is 0 Å². The predicted molar refractivity (Wildman–Crippen MR) is 78.9 cm³/mol. The molecule has 0 aliphatic rings. The van der Waals surface area contributed by atoms with Gasteiger partial charge in [-0.1, -0.05) is 15.9 Å². The summed E-state index contributed by atoms with van der Waals surface area (Å²) in [6.07, 6.45) is 4.79. The number of anilines is 1. The molecule has 3 rings (SSSR count). The molecule has 20 heavy (non-hydrogen) atoms. The maximum absolute atomic E-state index is 14.0. The van der Waals surface area contributed by atoms with Crippen LogP contribution in [0.4, 0.5) is 10.2 Å². The maximum atomic E-state index is 14.0. The van der Waals surface area contributed by atoms with Crippen molar-refractivity contribution < 1.29 is 4.39 Å². The molecular weight excluding hydrogens is 323 g/mol. The molecule has 0 fully saturated rings. The molecule has 0 aliphatic heterocycles. The molecule has 0 atom stereocenters. The van der Waals surface area contributed by atoms with E-state index in [4.69, 9.17) is 5.73 Å². The first kappa shape index (κ1) is 12.8. The standard InChI is InChI=1S/C14H10BrFN4/c15-9-3-4-11(16)12(6-9)20-8-18-7-13(20)10-2-1-5-19-14(10)17/h1-8H,(H2,17,19). The van der Waals surface area contributed by atoms with Crippen molar-refractivity contribution in [3.8, 4) is 16.9 Å². The van der Waals surface area contributed by atoms with Crippen LogP contribution in [0.5, 0.6) is 0 Å². The van der Waals surface area contributed by atoms with E-state index < -0.39 is 0 Å². The average Bonchev–Trinajstić information content (AvgIpc) is 2.91. The average molecular weight is 333 g/mol. The van der Waals surface area contributed by atoms with Crippen LogP contribution < -0.4 is 5.73 Å². The van der Waals surface area contributed by atoms with Crippen molar-refractivity contribution in [3.05, 3.63) is 59.3 Å². The van der Waals surface area contributed by atoms with Gasteiger partial charge in [0.15, 0.2) is 0 Å². The second kappa shape index (κ2) is 5.05. The number of imidazole rings is 1. The van der Waals surface area contributed by atoms with Gasteiger partial charge in [-0.2, -0.15) is 0 Å². The van der Waals surface area contributed by atoms with Gasteiger partial charge >= 0.3 is 0 Å². The highest BCUT2D eigenvalue weighted by atomic mass is 79.9. The number of aromatic nitrogens is 3. The summed E-state index contributed by atoms with van der Waals surface area (Å²) in [5.74, 6) is 0.0413. The number of hydrogen-bond acceptors (Lipinski definition) is 3. The first-order chi connectivity index (χ1) is 9.66. The quantitative estimate of drug-likeness (QED) is 0.782. The van der Waals surface area contributed by atoms with Gasteiger partial charge in [0.05, 0.1) is 23.9 Å². The summed E-state index contributed by atoms with van der Waals surface area (Å²) in [4.78, 5) is 8.13. The third kappa shape index (κ3) is 2.18. The fraction of sp³-hybridized carbons (Fsp3) is 0. The van der Waals surface area contributed by atoms with Crippen LogP contribution in [0.3, 0.4) is 0 Å². The molecular formula is C14H10BrFN4. The minimum Gasteiger partial charge on any atom is -0.383 e. The third-order valence-electron chi connectivity index (χ3n) is 2.92. The monoisotopic (exact) mass is 332 g/mol. The van der Waals surface area contributed by atoms with E-state index in [9.17, 15) is 4.39 Å². The van der Waals surface area contributed by atoms with Gasteiger partial charge in [-0.15, -0.1) is 0 Å². The Kier molecular flexibility index (Phi) is 3.23. The summed E-state index contributed by atoms with van der Waals surface area (Å²) < 4.78 is 16.4. The van der Waals surface area contributed by atoms with Gasteiger partial charge in [0.2, 0.25) is 0 Å². The van der Waals surface area contributed by atoms with E-state index in [0.717, 1.165) is 4.47 Å². The fourth-order valence-electron chi connectivity index (χ4n) is 1.99. The highest BCUT2D eigenvalue weighted by Gasteiger charge is 2.13. The molecule has 0 radical (unpaired) electrons. The van der Waals surface area contributed by atoms with E-state index in [-0.39, 0.29) is 5.82 Å². The molecule has 0 bridgehead atoms. The van der Waals surface area contributed by atoms with Crippen molar-refractivity contribution >= 4 is 21.7 Å². The molecule has 0 spiro atoms. The van der Waals surface area contributed by atoms with E-state index in [0.29, 0.717) is 22.8 Å². The number of pyridine rings is 1. The number of nitrogen functional groups attached to an aromatic ring is 1. The van der Waals surface area contributed by atoms with Gasteiger partial charge in [0, 0.05) is 16.2 Å². The Labute approximate surface area is 123 Å². The van der Waals surface area contributed by atoms with Gasteiger partial charge < -0.3 is 5.73 Å². The Hall–Kier alpha value is -2.21. The molecule has 1 aromatic carbocycles. The Bertz CT molecular complexity index is 769. The second-order valence-electron chi connectivity index (χ2n) is 4.18. The minimum absolute atomic E-state index is 0.338. The number of halogens is 2. The first-order valence-corrected chi connectivity index (χ1v) is 6.65. The van der Waals surface area contributed by atoms with Gasteiger partial charge in [-0.25, -0.2) is 14.4 Å². The Morgan fingerprint density at radius 1 is 1.25 bits per heavy atom. The van der Waals surface area contributed by atoms with Crippen LogP contribution in [0.15, 0.2) is 53.5 Å². The van der Waals surface area contributed by atoms with Gasteiger partial charge in [0.1, 0.15) is 11.6 Å². The van der Waals surface area contributed by atoms with Crippen molar-refractivity contribution in [2.45, 2.75) is 0 Å². The number of rotatable bonds is 2. The van der Waals surface area contributed by atoms with Gasteiger partial charge in [0.25, 0.3) is 0 Å². The fourth-order valence-corrected chi connectivity index (χ4v) is 2.34. The van der Waals surface area contributed by atoms with Crippen molar-refractivity contribution in [3.63, 3.8) is 0 Å². The summed E-state index contributed by atoms with van der Waals surface area (Å²) in [6.45, 7) is 0. The van der Waals surface area contributed by atoms with Crippen LogP contribution in [-0.4, -0.2) is 14.5 Å². The number of nitrogens with zero attached hydrogens (tertiary/aromatic N) is 3. The zero-order valence-electron chi connectivity index (χ0n) is 10.3. The van der Waals surface area contributed by atoms with Crippen LogP contribution in [-0.2, 0) is 0 Å². The van der Waals surface area contributed by atoms with Crippen LogP contribution in [0, 0.1) is 5.82 Å². The van der Waals surface area contributed by atoms with Gasteiger partial charge in [-0.3, -0.25) is 4.57 Å². The highest BCUT2D eigenvalue weighted by Crippen LogP contribution is 2.28. The molecule has 4 nitrogen and oxygen atoms in total. The highest BCUT2D eigenvalue weighted by molar-refractivity contribution is 9.10. The third-order valence-corrected chi connectivity index (χ3v) is 3.41. The molecule has 2 aromatic heterocycles. The topological polar surface area (TPSA) is 56.7 Å². The van der Waals surface area contributed by atoms with Gasteiger partial charge in [-0.05, 0) is 30.3 Å².